The van der Waals surface area contributed by atoms with Gasteiger partial charge in [0.25, 0.3) is 5.91 Å². The molecule has 0 saturated carbocycles. The first kappa shape index (κ1) is 21.3. The van der Waals surface area contributed by atoms with Crippen molar-refractivity contribution in [2.75, 3.05) is 11.9 Å². The first-order valence-electron chi connectivity index (χ1n) is 10.9. The number of aromatic amines is 1. The number of aromatic nitrogens is 3. The number of esters is 1. The van der Waals surface area contributed by atoms with Gasteiger partial charge in [0, 0.05) is 17.3 Å². The van der Waals surface area contributed by atoms with E-state index in [2.05, 4.69) is 15.3 Å². The Hall–Kier alpha value is -4.59. The Balaban J connectivity index is 1.29. The van der Waals surface area contributed by atoms with E-state index < -0.39 is 0 Å². The van der Waals surface area contributed by atoms with Crippen molar-refractivity contribution < 1.29 is 19.1 Å². The molecule has 0 fully saturated rings. The number of amides is 1. The summed E-state index contributed by atoms with van der Waals surface area (Å²) in [6.45, 7) is 2.27. The lowest BCUT2D eigenvalue weighted by molar-refractivity contribution is -0.143. The highest BCUT2D eigenvalue weighted by atomic mass is 16.5. The number of H-pyrrole nitrogens is 1. The van der Waals surface area contributed by atoms with Crippen LogP contribution in [0.4, 0.5) is 5.69 Å². The van der Waals surface area contributed by atoms with Gasteiger partial charge >= 0.3 is 5.97 Å². The maximum Gasteiger partial charge on any atom is 0.325 e. The van der Waals surface area contributed by atoms with Crippen LogP contribution in [0.15, 0.2) is 79.0 Å². The molecule has 0 bridgehead atoms. The van der Waals surface area contributed by atoms with Crippen molar-refractivity contribution in [1.29, 1.82) is 0 Å². The van der Waals surface area contributed by atoms with Gasteiger partial charge in [-0.3, -0.25) is 9.59 Å². The highest BCUT2D eigenvalue weighted by molar-refractivity contribution is 6.03. The Kier molecular flexibility index (Phi) is 5.70. The summed E-state index contributed by atoms with van der Waals surface area (Å²) in [4.78, 5) is 31.8. The first-order valence-corrected chi connectivity index (χ1v) is 10.9. The van der Waals surface area contributed by atoms with Crippen molar-refractivity contribution >= 4 is 39.5 Å². The number of carbonyl (C=O) groups is 2. The monoisotopic (exact) mass is 454 g/mol. The summed E-state index contributed by atoms with van der Waals surface area (Å²) in [6, 6.07) is 22.2. The van der Waals surface area contributed by atoms with Gasteiger partial charge in [-0.25, -0.2) is 4.98 Å². The third-order valence-electron chi connectivity index (χ3n) is 5.32. The molecular weight excluding hydrogens is 432 g/mol. The van der Waals surface area contributed by atoms with Crippen LogP contribution in [0.2, 0.25) is 0 Å². The molecule has 8 heteroatoms. The minimum Gasteiger partial charge on any atom is -0.465 e. The van der Waals surface area contributed by atoms with Crippen LogP contribution >= 0.6 is 0 Å². The molecule has 5 aromatic rings. The quantitative estimate of drug-likeness (QED) is 0.333. The second-order valence-electron chi connectivity index (χ2n) is 7.62. The number of carbonyl (C=O) groups excluding carboxylic acids is 2. The lowest BCUT2D eigenvalue weighted by Gasteiger charge is -2.10. The number of para-hydroxylation sites is 2. The number of anilines is 1. The minimum atomic E-state index is -0.322. The fourth-order valence-corrected chi connectivity index (χ4v) is 3.75. The predicted octanol–water partition coefficient (Wildman–Crippen LogP) is 5.13. The van der Waals surface area contributed by atoms with Crippen LogP contribution in [-0.2, 0) is 16.1 Å². The molecule has 0 aliphatic carbocycles. The molecule has 170 valence electrons. The fourth-order valence-electron chi connectivity index (χ4n) is 3.75. The van der Waals surface area contributed by atoms with Crippen LogP contribution in [-0.4, -0.2) is 33.0 Å². The highest BCUT2D eigenvalue weighted by Crippen LogP contribution is 2.31. The van der Waals surface area contributed by atoms with Crippen molar-refractivity contribution in [2.24, 2.45) is 0 Å². The van der Waals surface area contributed by atoms with E-state index >= 15 is 0 Å². The minimum absolute atomic E-state index is 0.139. The zero-order valence-electron chi connectivity index (χ0n) is 18.4. The van der Waals surface area contributed by atoms with Gasteiger partial charge < -0.3 is 24.3 Å². The van der Waals surface area contributed by atoms with Crippen molar-refractivity contribution in [1.82, 2.24) is 14.5 Å². The number of imidazole rings is 1. The van der Waals surface area contributed by atoms with Gasteiger partial charge in [0.05, 0.1) is 23.2 Å². The van der Waals surface area contributed by atoms with E-state index in [9.17, 15) is 9.59 Å². The average molecular weight is 454 g/mol. The molecule has 5 rings (SSSR count). The molecule has 0 unspecified atom stereocenters. The van der Waals surface area contributed by atoms with Gasteiger partial charge in [0.15, 0.2) is 5.82 Å². The second kappa shape index (κ2) is 9.11. The number of nitrogens with one attached hydrogen (secondary N) is 2. The molecule has 2 aromatic heterocycles. The molecule has 0 radical (unpaired) electrons. The molecule has 2 heterocycles. The molecular formula is C26H22N4O4. The van der Waals surface area contributed by atoms with Gasteiger partial charge in [-0.15, -0.1) is 0 Å². The second-order valence-corrected chi connectivity index (χ2v) is 7.62. The maximum atomic E-state index is 12.6. The van der Waals surface area contributed by atoms with E-state index in [0.717, 1.165) is 21.9 Å². The number of fused-ring (bicyclic) bond motifs is 2. The van der Waals surface area contributed by atoms with Gasteiger partial charge in [0.2, 0.25) is 0 Å². The molecule has 0 spiro atoms. The zero-order valence-corrected chi connectivity index (χ0v) is 18.4. The topological polar surface area (TPSA) is 98.2 Å². The number of hydrogen-bond donors (Lipinski definition) is 2. The normalized spacial score (nSPS) is 11.0. The van der Waals surface area contributed by atoms with Crippen molar-refractivity contribution in [3.8, 4) is 11.5 Å². The molecule has 3 aromatic carbocycles. The average Bonchev–Trinajstić information content (AvgIpc) is 3.46. The van der Waals surface area contributed by atoms with Crippen LogP contribution in [0, 0.1) is 0 Å². The fraction of sp³-hybridized carbons (Fsp3) is 0.115. The van der Waals surface area contributed by atoms with E-state index in [0.29, 0.717) is 23.8 Å². The molecule has 0 atom stereocenters. The van der Waals surface area contributed by atoms with Crippen molar-refractivity contribution in [3.63, 3.8) is 0 Å². The number of nitrogens with zero attached hydrogens (tertiary/aromatic N) is 2. The van der Waals surface area contributed by atoms with E-state index in [1.54, 1.807) is 31.2 Å². The summed E-state index contributed by atoms with van der Waals surface area (Å²) < 4.78 is 13.0. The Morgan fingerprint density at radius 3 is 2.62 bits per heavy atom. The van der Waals surface area contributed by atoms with Crippen LogP contribution in [0.5, 0.6) is 11.5 Å². The maximum absolute atomic E-state index is 12.6. The van der Waals surface area contributed by atoms with E-state index in [1.807, 2.05) is 59.3 Å². The smallest absolute Gasteiger partial charge is 0.325 e. The summed E-state index contributed by atoms with van der Waals surface area (Å²) >= 11 is 0. The third-order valence-corrected chi connectivity index (χ3v) is 5.32. The number of rotatable bonds is 7. The highest BCUT2D eigenvalue weighted by Gasteiger charge is 2.13. The molecule has 0 saturated heterocycles. The standard InChI is InChI=1S/C26H22N4O4/c1-2-33-24(31)16-30-15-14-19-22(30)8-5-9-23(19)34-18-12-10-17(11-13-18)27-26(32)25-28-20-6-3-4-7-21(20)29-25/h3-15H,2,16H2,1H3,(H,27,32)(H,28,29). The molecule has 34 heavy (non-hydrogen) atoms. The number of benzene rings is 3. The van der Waals surface area contributed by atoms with Crippen LogP contribution < -0.4 is 10.1 Å². The van der Waals surface area contributed by atoms with Crippen molar-refractivity contribution in [3.05, 3.63) is 84.8 Å². The lowest BCUT2D eigenvalue weighted by Crippen LogP contribution is -2.13. The zero-order chi connectivity index (χ0) is 23.5. The van der Waals surface area contributed by atoms with Crippen LogP contribution in [0.3, 0.4) is 0 Å². The van der Waals surface area contributed by atoms with E-state index in [1.165, 1.54) is 0 Å². The molecule has 2 N–H and O–H groups in total. The SMILES string of the molecule is CCOC(=O)Cn1ccc2c(Oc3ccc(NC(=O)c4nc5ccccc5[nH]4)cc3)cccc21. The summed E-state index contributed by atoms with van der Waals surface area (Å²) in [5, 5.41) is 3.72. The summed E-state index contributed by atoms with van der Waals surface area (Å²) in [7, 11) is 0. The number of ether oxygens (including phenoxy) is 2. The Morgan fingerprint density at radius 2 is 1.82 bits per heavy atom. The molecule has 0 aliphatic heterocycles. The molecule has 8 nitrogen and oxygen atoms in total. The summed E-state index contributed by atoms with van der Waals surface area (Å²) in [6.07, 6.45) is 1.84. The molecule has 0 aliphatic rings. The Labute approximate surface area is 195 Å². The van der Waals surface area contributed by atoms with Gasteiger partial charge in [0.1, 0.15) is 18.0 Å². The summed E-state index contributed by atoms with van der Waals surface area (Å²) in [5.41, 5.74) is 3.04. The van der Waals surface area contributed by atoms with Gasteiger partial charge in [-0.05, 0) is 61.5 Å². The van der Waals surface area contributed by atoms with Crippen molar-refractivity contribution in [2.45, 2.75) is 13.5 Å². The van der Waals surface area contributed by atoms with E-state index in [-0.39, 0.29) is 24.2 Å². The van der Waals surface area contributed by atoms with Gasteiger partial charge in [-0.2, -0.15) is 0 Å². The first-order chi connectivity index (χ1) is 16.6. The summed E-state index contributed by atoms with van der Waals surface area (Å²) in [5.74, 6) is 0.927. The number of hydrogen-bond acceptors (Lipinski definition) is 5. The van der Waals surface area contributed by atoms with Gasteiger partial charge in [-0.1, -0.05) is 18.2 Å². The predicted molar refractivity (Wildman–Crippen MR) is 129 cm³/mol. The van der Waals surface area contributed by atoms with E-state index in [4.69, 9.17) is 9.47 Å². The molecule has 1 amide bonds. The van der Waals surface area contributed by atoms with Crippen LogP contribution in [0.1, 0.15) is 17.5 Å². The lowest BCUT2D eigenvalue weighted by atomic mass is 10.2. The largest absolute Gasteiger partial charge is 0.465 e. The third kappa shape index (κ3) is 4.33. The Morgan fingerprint density at radius 1 is 1.00 bits per heavy atom. The van der Waals surface area contributed by atoms with Crippen LogP contribution in [0.25, 0.3) is 21.9 Å². The Bertz CT molecular complexity index is 1450.